The lowest BCUT2D eigenvalue weighted by molar-refractivity contribution is 0.252. The minimum Gasteiger partial charge on any atom is -0.361 e. The lowest BCUT2D eigenvalue weighted by Gasteiger charge is -2.06. The summed E-state index contributed by atoms with van der Waals surface area (Å²) < 4.78 is 4.94. The van der Waals surface area contributed by atoms with E-state index in [0.29, 0.717) is 13.0 Å². The summed E-state index contributed by atoms with van der Waals surface area (Å²) in [5.41, 5.74) is 1.61. The first-order valence-corrected chi connectivity index (χ1v) is 5.76. The number of rotatable bonds is 4. The van der Waals surface area contributed by atoms with Crippen molar-refractivity contribution in [2.24, 2.45) is 0 Å². The number of hydrogen-bond donors (Lipinski definition) is 2. The van der Waals surface area contributed by atoms with Crippen molar-refractivity contribution in [3.05, 3.63) is 47.9 Å². The van der Waals surface area contributed by atoms with Gasteiger partial charge in [-0.2, -0.15) is 0 Å². The monoisotopic (exact) mass is 245 g/mol. The van der Waals surface area contributed by atoms with E-state index in [9.17, 15) is 4.79 Å². The van der Waals surface area contributed by atoms with Gasteiger partial charge in [0.15, 0.2) is 0 Å². The summed E-state index contributed by atoms with van der Waals surface area (Å²) in [6.07, 6.45) is 0.652. The molecule has 2 rings (SSSR count). The van der Waals surface area contributed by atoms with E-state index in [0.717, 1.165) is 17.1 Å². The maximum Gasteiger partial charge on any atom is 0.319 e. The molecule has 0 radical (unpaired) electrons. The molecule has 0 unspecified atom stereocenters. The molecule has 0 saturated carbocycles. The van der Waals surface area contributed by atoms with Crippen LogP contribution in [0.2, 0.25) is 0 Å². The smallest absolute Gasteiger partial charge is 0.319 e. The molecular weight excluding hydrogens is 230 g/mol. The van der Waals surface area contributed by atoms with Crippen molar-refractivity contribution in [2.45, 2.75) is 13.3 Å². The lowest BCUT2D eigenvalue weighted by Crippen LogP contribution is -2.30. The Morgan fingerprint density at radius 1 is 1.33 bits per heavy atom. The van der Waals surface area contributed by atoms with Crippen LogP contribution in [0.1, 0.15) is 11.5 Å². The van der Waals surface area contributed by atoms with Crippen molar-refractivity contribution in [3.8, 4) is 0 Å². The summed E-state index contributed by atoms with van der Waals surface area (Å²) >= 11 is 0. The predicted octanol–water partition coefficient (Wildman–Crippen LogP) is 2.35. The minimum absolute atomic E-state index is 0.221. The Morgan fingerprint density at radius 3 is 2.78 bits per heavy atom. The van der Waals surface area contributed by atoms with Gasteiger partial charge in [0.2, 0.25) is 0 Å². The molecule has 0 fully saturated rings. The number of amides is 2. The van der Waals surface area contributed by atoms with E-state index in [1.165, 1.54) is 0 Å². The maximum atomic E-state index is 11.5. The first-order valence-electron chi connectivity index (χ1n) is 5.76. The highest BCUT2D eigenvalue weighted by molar-refractivity contribution is 5.89. The number of carbonyl (C=O) groups is 1. The van der Waals surface area contributed by atoms with Gasteiger partial charge in [-0.25, -0.2) is 4.79 Å². The standard InChI is InChI=1S/C13H15N3O2/c1-10-9-12(16-18-10)7-8-14-13(17)15-11-5-3-2-4-6-11/h2-6,9H,7-8H2,1H3,(H2,14,15,17). The second-order valence-electron chi connectivity index (χ2n) is 3.93. The number of aryl methyl sites for hydroxylation is 1. The Bertz CT molecular complexity index is 508. The fraction of sp³-hybridized carbons (Fsp3) is 0.231. The zero-order valence-electron chi connectivity index (χ0n) is 10.1. The summed E-state index contributed by atoms with van der Waals surface area (Å²) in [6, 6.07) is 10.9. The summed E-state index contributed by atoms with van der Waals surface area (Å²) in [6.45, 7) is 2.36. The molecule has 1 heterocycles. The molecule has 0 bridgehead atoms. The van der Waals surface area contributed by atoms with Crippen molar-refractivity contribution in [3.63, 3.8) is 0 Å². The summed E-state index contributed by atoms with van der Waals surface area (Å²) in [4.78, 5) is 11.5. The third-order valence-electron chi connectivity index (χ3n) is 2.38. The van der Waals surface area contributed by atoms with E-state index in [4.69, 9.17) is 4.52 Å². The number of nitrogens with one attached hydrogen (secondary N) is 2. The quantitative estimate of drug-likeness (QED) is 0.868. The molecule has 0 aliphatic carbocycles. The SMILES string of the molecule is Cc1cc(CCNC(=O)Nc2ccccc2)no1. The minimum atomic E-state index is -0.221. The van der Waals surface area contributed by atoms with Crippen molar-refractivity contribution in [1.29, 1.82) is 0 Å². The molecule has 0 atom stereocenters. The van der Waals surface area contributed by atoms with Gasteiger partial charge in [-0.05, 0) is 19.1 Å². The molecule has 5 heteroatoms. The fourth-order valence-electron chi connectivity index (χ4n) is 1.54. The van der Waals surface area contributed by atoms with E-state index in [1.54, 1.807) is 0 Å². The van der Waals surface area contributed by atoms with Gasteiger partial charge in [-0.1, -0.05) is 23.4 Å². The number of hydrogen-bond acceptors (Lipinski definition) is 3. The molecule has 2 amide bonds. The van der Waals surface area contributed by atoms with Crippen LogP contribution in [0, 0.1) is 6.92 Å². The van der Waals surface area contributed by atoms with E-state index in [1.807, 2.05) is 43.3 Å². The molecule has 0 aliphatic rings. The molecule has 2 N–H and O–H groups in total. The summed E-state index contributed by atoms with van der Waals surface area (Å²) in [5, 5.41) is 9.35. The average molecular weight is 245 g/mol. The van der Waals surface area contributed by atoms with Crippen LogP contribution in [0.5, 0.6) is 0 Å². The van der Waals surface area contributed by atoms with E-state index >= 15 is 0 Å². The number of anilines is 1. The maximum absolute atomic E-state index is 11.5. The van der Waals surface area contributed by atoms with Gasteiger partial charge in [0.25, 0.3) is 0 Å². The van der Waals surface area contributed by atoms with Gasteiger partial charge in [-0.3, -0.25) is 0 Å². The number of benzene rings is 1. The zero-order valence-corrected chi connectivity index (χ0v) is 10.1. The van der Waals surface area contributed by atoms with Crippen LogP contribution in [0.25, 0.3) is 0 Å². The Morgan fingerprint density at radius 2 is 2.11 bits per heavy atom. The van der Waals surface area contributed by atoms with Crippen LogP contribution in [0.15, 0.2) is 40.9 Å². The van der Waals surface area contributed by atoms with Gasteiger partial charge in [0.1, 0.15) is 5.76 Å². The van der Waals surface area contributed by atoms with Crippen LogP contribution in [0.3, 0.4) is 0 Å². The number of carbonyl (C=O) groups excluding carboxylic acids is 1. The number of nitrogens with zero attached hydrogens (tertiary/aromatic N) is 1. The Labute approximate surface area is 105 Å². The topological polar surface area (TPSA) is 67.2 Å². The second-order valence-corrected chi connectivity index (χ2v) is 3.93. The van der Waals surface area contributed by atoms with Gasteiger partial charge in [0, 0.05) is 24.7 Å². The molecule has 18 heavy (non-hydrogen) atoms. The van der Waals surface area contributed by atoms with Crippen LogP contribution >= 0.6 is 0 Å². The first kappa shape index (κ1) is 12.2. The van der Waals surface area contributed by atoms with Gasteiger partial charge < -0.3 is 15.2 Å². The highest BCUT2D eigenvalue weighted by Gasteiger charge is 2.03. The van der Waals surface area contributed by atoms with E-state index in [-0.39, 0.29) is 6.03 Å². The van der Waals surface area contributed by atoms with E-state index in [2.05, 4.69) is 15.8 Å². The molecule has 0 spiro atoms. The highest BCUT2D eigenvalue weighted by Crippen LogP contribution is 2.04. The van der Waals surface area contributed by atoms with Crippen molar-refractivity contribution >= 4 is 11.7 Å². The van der Waals surface area contributed by atoms with Gasteiger partial charge >= 0.3 is 6.03 Å². The third kappa shape index (κ3) is 3.62. The summed E-state index contributed by atoms with van der Waals surface area (Å²) in [7, 11) is 0. The predicted molar refractivity (Wildman–Crippen MR) is 68.4 cm³/mol. The van der Waals surface area contributed by atoms with Crippen LogP contribution in [0.4, 0.5) is 10.5 Å². The van der Waals surface area contributed by atoms with Gasteiger partial charge in [-0.15, -0.1) is 0 Å². The Hall–Kier alpha value is -2.30. The fourth-order valence-corrected chi connectivity index (χ4v) is 1.54. The Kier molecular flexibility index (Phi) is 3.96. The normalized spacial score (nSPS) is 10.1. The summed E-state index contributed by atoms with van der Waals surface area (Å²) in [5.74, 6) is 0.777. The van der Waals surface area contributed by atoms with Crippen molar-refractivity contribution in [2.75, 3.05) is 11.9 Å². The molecular formula is C13H15N3O2. The van der Waals surface area contributed by atoms with Crippen molar-refractivity contribution in [1.82, 2.24) is 10.5 Å². The number of urea groups is 1. The molecule has 2 aromatic rings. The van der Waals surface area contributed by atoms with Crippen LogP contribution in [-0.4, -0.2) is 17.7 Å². The second kappa shape index (κ2) is 5.86. The zero-order chi connectivity index (χ0) is 12.8. The number of para-hydroxylation sites is 1. The lowest BCUT2D eigenvalue weighted by atomic mass is 10.3. The third-order valence-corrected chi connectivity index (χ3v) is 2.38. The Balaban J connectivity index is 1.72. The highest BCUT2D eigenvalue weighted by atomic mass is 16.5. The molecule has 1 aromatic heterocycles. The van der Waals surface area contributed by atoms with Gasteiger partial charge in [0.05, 0.1) is 5.69 Å². The van der Waals surface area contributed by atoms with Crippen molar-refractivity contribution < 1.29 is 9.32 Å². The average Bonchev–Trinajstić information content (AvgIpc) is 2.76. The van der Waals surface area contributed by atoms with Crippen LogP contribution < -0.4 is 10.6 Å². The molecule has 1 aromatic carbocycles. The first-order chi connectivity index (χ1) is 8.74. The van der Waals surface area contributed by atoms with Crippen LogP contribution in [-0.2, 0) is 6.42 Å². The largest absolute Gasteiger partial charge is 0.361 e. The number of aromatic nitrogens is 1. The molecule has 94 valence electrons. The molecule has 0 aliphatic heterocycles. The van der Waals surface area contributed by atoms with E-state index < -0.39 is 0 Å². The molecule has 0 saturated heterocycles. The molecule has 5 nitrogen and oxygen atoms in total.